The van der Waals surface area contributed by atoms with Crippen molar-refractivity contribution in [2.24, 2.45) is 0 Å². The highest BCUT2D eigenvalue weighted by Gasteiger charge is 2.17. The Hall–Kier alpha value is -4.13. The minimum absolute atomic E-state index is 0.129. The van der Waals surface area contributed by atoms with Gasteiger partial charge in [0.1, 0.15) is 17.4 Å². The fourth-order valence-electron chi connectivity index (χ4n) is 3.93. The molecule has 0 radical (unpaired) electrons. The minimum Gasteiger partial charge on any atom is -0.497 e. The summed E-state index contributed by atoms with van der Waals surface area (Å²) in [6.07, 6.45) is 1.99. The summed E-state index contributed by atoms with van der Waals surface area (Å²) in [5.41, 5.74) is 16.7. The fraction of sp³-hybridized carbons (Fsp3) is 0.0833. The predicted octanol–water partition coefficient (Wildman–Crippen LogP) is 4.61. The van der Waals surface area contributed by atoms with Gasteiger partial charge in [-0.05, 0) is 47.5 Å². The van der Waals surface area contributed by atoms with Crippen molar-refractivity contribution in [1.82, 2.24) is 14.5 Å². The first-order valence-corrected chi connectivity index (χ1v) is 9.77. The van der Waals surface area contributed by atoms with Gasteiger partial charge in [-0.2, -0.15) is 4.98 Å². The van der Waals surface area contributed by atoms with Crippen molar-refractivity contribution < 1.29 is 9.13 Å². The Morgan fingerprint density at radius 2 is 1.71 bits per heavy atom. The van der Waals surface area contributed by atoms with Crippen molar-refractivity contribution in [2.45, 2.75) is 6.54 Å². The topological polar surface area (TPSA) is 92.0 Å². The molecular weight excluding hydrogens is 393 g/mol. The number of benzene rings is 3. The average Bonchev–Trinajstić information content (AvgIpc) is 3.16. The zero-order chi connectivity index (χ0) is 21.5. The highest BCUT2D eigenvalue weighted by Crippen LogP contribution is 2.37. The van der Waals surface area contributed by atoms with Crippen molar-refractivity contribution >= 4 is 33.6 Å². The van der Waals surface area contributed by atoms with Crippen LogP contribution in [0, 0.1) is 5.82 Å². The van der Waals surface area contributed by atoms with E-state index in [0.717, 1.165) is 38.7 Å². The first kappa shape index (κ1) is 18.9. The van der Waals surface area contributed by atoms with E-state index < -0.39 is 0 Å². The zero-order valence-corrected chi connectivity index (χ0v) is 16.8. The van der Waals surface area contributed by atoms with Crippen LogP contribution in [0.3, 0.4) is 0 Å². The molecule has 0 atom stereocenters. The van der Waals surface area contributed by atoms with Crippen molar-refractivity contribution in [3.63, 3.8) is 0 Å². The molecule has 2 aromatic heterocycles. The molecule has 0 spiro atoms. The van der Waals surface area contributed by atoms with Gasteiger partial charge in [-0.25, -0.2) is 9.37 Å². The lowest BCUT2D eigenvalue weighted by molar-refractivity contribution is 0.415. The van der Waals surface area contributed by atoms with Crippen LogP contribution >= 0.6 is 0 Å². The van der Waals surface area contributed by atoms with Gasteiger partial charge in [-0.3, -0.25) is 0 Å². The molecule has 6 nitrogen and oxygen atoms in total. The summed E-state index contributed by atoms with van der Waals surface area (Å²) in [7, 11) is 1.63. The minimum atomic E-state index is -0.253. The van der Waals surface area contributed by atoms with Gasteiger partial charge in [0.05, 0.1) is 18.0 Å². The van der Waals surface area contributed by atoms with Crippen LogP contribution in [0.4, 0.5) is 16.2 Å². The summed E-state index contributed by atoms with van der Waals surface area (Å²) in [5.74, 6) is 0.978. The molecule has 0 aliphatic rings. The molecule has 5 aromatic rings. The van der Waals surface area contributed by atoms with Gasteiger partial charge in [0.25, 0.3) is 0 Å². The molecular formula is C24H20FN5O. The number of methoxy groups -OCH3 is 1. The van der Waals surface area contributed by atoms with Crippen LogP contribution in [0.5, 0.6) is 5.75 Å². The van der Waals surface area contributed by atoms with Gasteiger partial charge in [0, 0.05) is 29.2 Å². The molecule has 154 valence electrons. The molecule has 7 heteroatoms. The molecule has 0 bridgehead atoms. The second-order valence-electron chi connectivity index (χ2n) is 7.35. The lowest BCUT2D eigenvalue weighted by Gasteiger charge is -2.13. The Balaban J connectivity index is 1.76. The van der Waals surface area contributed by atoms with E-state index >= 15 is 0 Å². The normalized spacial score (nSPS) is 11.3. The summed E-state index contributed by atoms with van der Waals surface area (Å²) < 4.78 is 20.7. The van der Waals surface area contributed by atoms with E-state index in [-0.39, 0.29) is 11.8 Å². The van der Waals surface area contributed by atoms with Crippen LogP contribution in [0.25, 0.3) is 32.9 Å². The molecule has 0 saturated carbocycles. The Labute approximate surface area is 177 Å². The summed E-state index contributed by atoms with van der Waals surface area (Å²) in [4.78, 5) is 8.70. The number of rotatable bonds is 4. The van der Waals surface area contributed by atoms with E-state index in [0.29, 0.717) is 17.9 Å². The number of fused-ring (bicyclic) bond motifs is 3. The Bertz CT molecular complexity index is 1410. The lowest BCUT2D eigenvalue weighted by Crippen LogP contribution is -2.03. The van der Waals surface area contributed by atoms with E-state index in [1.807, 2.05) is 36.5 Å². The van der Waals surface area contributed by atoms with Crippen LogP contribution in [-0.4, -0.2) is 21.6 Å². The molecule has 4 N–H and O–H groups in total. The SMILES string of the molecule is COc1ccc(-c2cc3c(ccn3Cc3ccc(F)cc3)c3c(N)nc(N)nc23)cc1. The summed E-state index contributed by atoms with van der Waals surface area (Å²) in [6, 6.07) is 18.3. The highest BCUT2D eigenvalue weighted by molar-refractivity contribution is 6.15. The van der Waals surface area contributed by atoms with Crippen LogP contribution in [0.2, 0.25) is 0 Å². The Morgan fingerprint density at radius 1 is 0.968 bits per heavy atom. The lowest BCUT2D eigenvalue weighted by atomic mass is 9.99. The number of aromatic nitrogens is 3. The molecule has 0 aliphatic heterocycles. The molecule has 3 aromatic carbocycles. The molecule has 0 saturated heterocycles. The van der Waals surface area contributed by atoms with Crippen LogP contribution in [0.15, 0.2) is 66.9 Å². The van der Waals surface area contributed by atoms with E-state index in [2.05, 4.69) is 20.6 Å². The molecule has 2 heterocycles. The zero-order valence-electron chi connectivity index (χ0n) is 16.8. The molecule has 0 aliphatic carbocycles. The molecule has 0 unspecified atom stereocenters. The van der Waals surface area contributed by atoms with Crippen molar-refractivity contribution in [3.8, 4) is 16.9 Å². The van der Waals surface area contributed by atoms with E-state index in [9.17, 15) is 4.39 Å². The first-order chi connectivity index (χ1) is 15.0. The van der Waals surface area contributed by atoms with Gasteiger partial charge in [0.15, 0.2) is 0 Å². The Kier molecular flexibility index (Phi) is 4.43. The Morgan fingerprint density at radius 3 is 2.42 bits per heavy atom. The van der Waals surface area contributed by atoms with Crippen LogP contribution in [-0.2, 0) is 6.54 Å². The van der Waals surface area contributed by atoms with E-state index in [1.165, 1.54) is 12.1 Å². The number of nitrogens with two attached hydrogens (primary N) is 2. The largest absolute Gasteiger partial charge is 0.497 e. The number of anilines is 2. The van der Waals surface area contributed by atoms with Crippen molar-refractivity contribution in [3.05, 3.63) is 78.2 Å². The monoisotopic (exact) mass is 413 g/mol. The van der Waals surface area contributed by atoms with E-state index in [4.69, 9.17) is 16.2 Å². The van der Waals surface area contributed by atoms with Crippen LogP contribution in [0.1, 0.15) is 5.56 Å². The third-order valence-electron chi connectivity index (χ3n) is 5.43. The van der Waals surface area contributed by atoms with Gasteiger partial charge < -0.3 is 20.8 Å². The van der Waals surface area contributed by atoms with Crippen molar-refractivity contribution in [2.75, 3.05) is 18.6 Å². The first-order valence-electron chi connectivity index (χ1n) is 9.77. The molecule has 0 amide bonds. The van der Waals surface area contributed by atoms with E-state index in [1.54, 1.807) is 19.2 Å². The third-order valence-corrected chi connectivity index (χ3v) is 5.43. The number of hydrogen-bond donors (Lipinski definition) is 2. The van der Waals surface area contributed by atoms with Crippen LogP contribution < -0.4 is 16.2 Å². The number of nitrogen functional groups attached to an aromatic ring is 2. The molecule has 0 fully saturated rings. The standard InChI is InChI=1S/C24H20FN5O/c1-31-17-8-4-15(5-9-17)19-12-20-18(21-22(19)28-24(27)29-23(21)26)10-11-30(20)13-14-2-6-16(25)7-3-14/h2-12H,13H2,1H3,(H4,26,27,28,29). The quantitative estimate of drug-likeness (QED) is 0.449. The van der Waals surface area contributed by atoms with Gasteiger partial charge in [-0.15, -0.1) is 0 Å². The molecule has 31 heavy (non-hydrogen) atoms. The maximum absolute atomic E-state index is 13.3. The maximum atomic E-state index is 13.3. The van der Waals surface area contributed by atoms with Gasteiger partial charge in [-0.1, -0.05) is 24.3 Å². The second kappa shape index (κ2) is 7.28. The highest BCUT2D eigenvalue weighted by atomic mass is 19.1. The maximum Gasteiger partial charge on any atom is 0.222 e. The number of halogens is 1. The summed E-state index contributed by atoms with van der Waals surface area (Å²) in [5, 5.41) is 1.70. The second-order valence-corrected chi connectivity index (χ2v) is 7.35. The number of nitrogens with zero attached hydrogens (tertiary/aromatic N) is 3. The van der Waals surface area contributed by atoms with Gasteiger partial charge in [0.2, 0.25) is 5.95 Å². The third kappa shape index (κ3) is 3.30. The average molecular weight is 413 g/mol. The summed E-state index contributed by atoms with van der Waals surface area (Å²) >= 11 is 0. The predicted molar refractivity (Wildman–Crippen MR) is 121 cm³/mol. The number of ether oxygens (including phenoxy) is 1. The number of hydrogen-bond acceptors (Lipinski definition) is 5. The van der Waals surface area contributed by atoms with Gasteiger partial charge >= 0.3 is 0 Å². The fourth-order valence-corrected chi connectivity index (χ4v) is 3.93. The smallest absolute Gasteiger partial charge is 0.222 e. The summed E-state index contributed by atoms with van der Waals surface area (Å²) in [6.45, 7) is 0.590. The van der Waals surface area contributed by atoms with Crippen molar-refractivity contribution in [1.29, 1.82) is 0 Å². The molecule has 5 rings (SSSR count).